The van der Waals surface area contributed by atoms with Gasteiger partial charge in [-0.3, -0.25) is 14.4 Å². The van der Waals surface area contributed by atoms with E-state index < -0.39 is 0 Å². The van der Waals surface area contributed by atoms with Crippen molar-refractivity contribution in [3.05, 3.63) is 29.8 Å². The van der Waals surface area contributed by atoms with Gasteiger partial charge in [0.1, 0.15) is 6.61 Å². The summed E-state index contributed by atoms with van der Waals surface area (Å²) in [5.74, 6) is -0.406. The SMILES string of the molecule is CC(=O)OCCN(C(=O)CCCCOC1CC(=O)Nc2ccccc21)C1CCCC(O)C1. The normalized spacial score (nSPS) is 22.6. The van der Waals surface area contributed by atoms with Crippen molar-refractivity contribution in [1.82, 2.24) is 4.90 Å². The third kappa shape index (κ3) is 7.03. The number of benzene rings is 1. The van der Waals surface area contributed by atoms with Gasteiger partial charge in [-0.1, -0.05) is 18.2 Å². The van der Waals surface area contributed by atoms with Crippen LogP contribution in [0, 0.1) is 0 Å². The van der Waals surface area contributed by atoms with Crippen molar-refractivity contribution < 1.29 is 29.0 Å². The van der Waals surface area contributed by atoms with E-state index in [1.807, 2.05) is 24.3 Å². The molecule has 3 unspecified atom stereocenters. The lowest BCUT2D eigenvalue weighted by Gasteiger charge is -2.36. The van der Waals surface area contributed by atoms with Crippen LogP contribution in [0.3, 0.4) is 0 Å². The van der Waals surface area contributed by atoms with Gasteiger partial charge >= 0.3 is 5.97 Å². The van der Waals surface area contributed by atoms with Crippen LogP contribution in [0.5, 0.6) is 0 Å². The smallest absolute Gasteiger partial charge is 0.302 e. The number of amides is 2. The number of carbonyl (C=O) groups is 3. The lowest BCUT2D eigenvalue weighted by atomic mass is 9.91. The molecule has 1 aromatic rings. The van der Waals surface area contributed by atoms with Gasteiger partial charge in [-0.25, -0.2) is 0 Å². The zero-order valence-electron chi connectivity index (χ0n) is 18.8. The summed E-state index contributed by atoms with van der Waals surface area (Å²) in [5, 5.41) is 12.9. The molecule has 1 heterocycles. The summed E-state index contributed by atoms with van der Waals surface area (Å²) in [5.41, 5.74) is 1.78. The van der Waals surface area contributed by atoms with Crippen LogP contribution in [0.4, 0.5) is 5.69 Å². The molecule has 0 bridgehead atoms. The first-order valence-corrected chi connectivity index (χ1v) is 11.6. The van der Waals surface area contributed by atoms with Crippen molar-refractivity contribution >= 4 is 23.5 Å². The molecule has 176 valence electrons. The van der Waals surface area contributed by atoms with Gasteiger partial charge in [0.2, 0.25) is 11.8 Å². The van der Waals surface area contributed by atoms with E-state index >= 15 is 0 Å². The first kappa shape index (κ1) is 24.2. The highest BCUT2D eigenvalue weighted by Crippen LogP contribution is 2.32. The Bertz CT molecular complexity index is 798. The first-order valence-electron chi connectivity index (χ1n) is 11.6. The number of aliphatic hydroxyl groups is 1. The molecule has 1 aromatic carbocycles. The highest BCUT2D eigenvalue weighted by atomic mass is 16.5. The van der Waals surface area contributed by atoms with Gasteiger partial charge in [-0.2, -0.15) is 0 Å². The minimum absolute atomic E-state index is 0.0126. The fourth-order valence-corrected chi connectivity index (χ4v) is 4.49. The number of unbranched alkanes of at least 4 members (excludes halogenated alkanes) is 1. The van der Waals surface area contributed by atoms with E-state index in [9.17, 15) is 19.5 Å². The number of rotatable bonds is 10. The number of carbonyl (C=O) groups excluding carboxylic acids is 3. The van der Waals surface area contributed by atoms with E-state index in [1.54, 1.807) is 4.90 Å². The van der Waals surface area contributed by atoms with Gasteiger partial charge in [-0.15, -0.1) is 0 Å². The Kier molecular flexibility index (Phi) is 9.05. The summed E-state index contributed by atoms with van der Waals surface area (Å²) in [7, 11) is 0. The van der Waals surface area contributed by atoms with E-state index in [-0.39, 0.29) is 42.6 Å². The molecule has 3 atom stereocenters. The molecular weight excluding hydrogens is 412 g/mol. The Morgan fingerprint density at radius 3 is 2.78 bits per heavy atom. The van der Waals surface area contributed by atoms with Crippen LogP contribution in [0.25, 0.3) is 0 Å². The van der Waals surface area contributed by atoms with Gasteiger partial charge in [-0.05, 0) is 44.6 Å². The summed E-state index contributed by atoms with van der Waals surface area (Å²) in [4.78, 5) is 37.7. The van der Waals surface area contributed by atoms with Crippen molar-refractivity contribution in [2.45, 2.75) is 76.5 Å². The molecule has 2 aliphatic rings. The van der Waals surface area contributed by atoms with Crippen molar-refractivity contribution in [3.8, 4) is 0 Å². The van der Waals surface area contributed by atoms with E-state index in [2.05, 4.69) is 5.32 Å². The molecule has 1 saturated carbocycles. The van der Waals surface area contributed by atoms with E-state index in [0.29, 0.717) is 45.3 Å². The molecule has 8 heteroatoms. The van der Waals surface area contributed by atoms with Gasteiger partial charge in [0.25, 0.3) is 0 Å². The fraction of sp³-hybridized carbons (Fsp3) is 0.625. The lowest BCUT2D eigenvalue weighted by Crippen LogP contribution is -2.45. The predicted molar refractivity (Wildman–Crippen MR) is 119 cm³/mol. The highest BCUT2D eigenvalue weighted by Gasteiger charge is 2.29. The zero-order valence-corrected chi connectivity index (χ0v) is 18.8. The van der Waals surface area contributed by atoms with Crippen LogP contribution in [0.15, 0.2) is 24.3 Å². The number of para-hydroxylation sites is 1. The average molecular weight is 447 g/mol. The van der Waals surface area contributed by atoms with Crippen LogP contribution in [0.2, 0.25) is 0 Å². The number of anilines is 1. The molecular formula is C24H34N2O6. The van der Waals surface area contributed by atoms with Crippen molar-refractivity contribution in [2.75, 3.05) is 25.1 Å². The number of nitrogens with one attached hydrogen (secondary N) is 1. The van der Waals surface area contributed by atoms with Crippen LogP contribution in [-0.2, 0) is 23.9 Å². The molecule has 0 spiro atoms. The summed E-state index contributed by atoms with van der Waals surface area (Å²) in [6.45, 7) is 2.33. The molecule has 1 aliphatic heterocycles. The summed E-state index contributed by atoms with van der Waals surface area (Å²) in [6.07, 6.45) is 4.46. The molecule has 2 N–H and O–H groups in total. The molecule has 3 rings (SSSR count). The minimum atomic E-state index is -0.387. The van der Waals surface area contributed by atoms with Crippen molar-refractivity contribution in [3.63, 3.8) is 0 Å². The Morgan fingerprint density at radius 1 is 1.19 bits per heavy atom. The predicted octanol–water partition coefficient (Wildman–Crippen LogP) is 2.95. The number of hydrogen-bond acceptors (Lipinski definition) is 6. The topological polar surface area (TPSA) is 105 Å². The maximum atomic E-state index is 12.9. The Labute approximate surface area is 189 Å². The number of esters is 1. The maximum absolute atomic E-state index is 12.9. The summed E-state index contributed by atoms with van der Waals surface area (Å²) >= 11 is 0. The largest absolute Gasteiger partial charge is 0.464 e. The summed E-state index contributed by atoms with van der Waals surface area (Å²) in [6, 6.07) is 7.62. The van der Waals surface area contributed by atoms with E-state index in [4.69, 9.17) is 9.47 Å². The molecule has 1 fully saturated rings. The number of aliphatic hydroxyl groups excluding tert-OH is 1. The quantitative estimate of drug-likeness (QED) is 0.423. The van der Waals surface area contributed by atoms with Crippen LogP contribution < -0.4 is 5.32 Å². The van der Waals surface area contributed by atoms with Gasteiger partial charge in [0.15, 0.2) is 0 Å². The minimum Gasteiger partial charge on any atom is -0.464 e. The van der Waals surface area contributed by atoms with Crippen LogP contribution in [-0.4, -0.2) is 59.7 Å². The second-order valence-electron chi connectivity index (χ2n) is 8.56. The molecule has 0 saturated heterocycles. The van der Waals surface area contributed by atoms with Crippen molar-refractivity contribution in [2.24, 2.45) is 0 Å². The number of nitrogens with zero attached hydrogens (tertiary/aromatic N) is 1. The first-order chi connectivity index (χ1) is 15.4. The molecule has 0 aromatic heterocycles. The number of fused-ring (bicyclic) bond motifs is 1. The van der Waals surface area contributed by atoms with E-state index in [1.165, 1.54) is 6.92 Å². The molecule has 8 nitrogen and oxygen atoms in total. The van der Waals surface area contributed by atoms with Gasteiger partial charge < -0.3 is 24.8 Å². The monoisotopic (exact) mass is 446 g/mol. The van der Waals surface area contributed by atoms with E-state index in [0.717, 1.165) is 30.5 Å². The standard InChI is InChI=1S/C24H34N2O6/c1-17(27)31-14-12-26(18-7-6-8-19(28)15-18)24(30)11-4-5-13-32-22-16-23(29)25-21-10-3-2-9-20(21)22/h2-3,9-10,18-19,22,28H,4-8,11-16H2,1H3,(H,25,29). The number of hydrogen-bond donors (Lipinski definition) is 2. The summed E-state index contributed by atoms with van der Waals surface area (Å²) < 4.78 is 11.0. The second kappa shape index (κ2) is 12.0. The Hall–Kier alpha value is -2.45. The molecule has 2 amide bonds. The van der Waals surface area contributed by atoms with Crippen molar-refractivity contribution in [1.29, 1.82) is 0 Å². The molecule has 0 radical (unpaired) electrons. The Morgan fingerprint density at radius 2 is 2.00 bits per heavy atom. The fourth-order valence-electron chi connectivity index (χ4n) is 4.49. The van der Waals surface area contributed by atoms with Crippen LogP contribution in [0.1, 0.15) is 70.0 Å². The second-order valence-corrected chi connectivity index (χ2v) is 8.56. The molecule has 32 heavy (non-hydrogen) atoms. The third-order valence-corrected chi connectivity index (χ3v) is 6.07. The van der Waals surface area contributed by atoms with Gasteiger partial charge in [0, 0.05) is 37.2 Å². The zero-order chi connectivity index (χ0) is 22.9. The highest BCUT2D eigenvalue weighted by molar-refractivity contribution is 5.94. The Balaban J connectivity index is 1.45. The average Bonchev–Trinajstić information content (AvgIpc) is 2.76. The maximum Gasteiger partial charge on any atom is 0.302 e. The lowest BCUT2D eigenvalue weighted by molar-refractivity contribution is -0.145. The number of ether oxygens (including phenoxy) is 2. The van der Waals surface area contributed by atoms with Gasteiger partial charge in [0.05, 0.1) is 25.2 Å². The van der Waals surface area contributed by atoms with Crippen LogP contribution >= 0.6 is 0 Å². The third-order valence-electron chi connectivity index (χ3n) is 6.07. The molecule has 1 aliphatic carbocycles.